The SMILES string of the molecule is CCn1c(CCCOc2ccc(Cl)cc2C)nnc1SCC(=O)Nc1sc(C(N)=O)c(C)c1C(=O)OC. The molecule has 3 N–H and O–H groups in total. The maximum absolute atomic E-state index is 12.7. The van der Waals surface area contributed by atoms with Gasteiger partial charge >= 0.3 is 5.97 Å². The van der Waals surface area contributed by atoms with Crippen LogP contribution in [0.2, 0.25) is 5.02 Å². The highest BCUT2D eigenvalue weighted by molar-refractivity contribution is 7.99. The molecule has 0 saturated heterocycles. The summed E-state index contributed by atoms with van der Waals surface area (Å²) in [6.07, 6.45) is 1.40. The third kappa shape index (κ3) is 7.02. The molecule has 0 unspecified atom stereocenters. The number of primary amides is 1. The number of nitrogens with zero attached hydrogens (tertiary/aromatic N) is 3. The monoisotopic (exact) mass is 565 g/mol. The number of hydrogen-bond acceptors (Lipinski definition) is 9. The number of thioether (sulfide) groups is 1. The van der Waals surface area contributed by atoms with Crippen molar-refractivity contribution in [3.63, 3.8) is 0 Å². The van der Waals surface area contributed by atoms with Gasteiger partial charge in [0.05, 0.1) is 29.9 Å². The van der Waals surface area contributed by atoms with Gasteiger partial charge in [0.15, 0.2) is 5.16 Å². The summed E-state index contributed by atoms with van der Waals surface area (Å²) >= 11 is 8.16. The number of esters is 1. The number of methoxy groups -OCH3 is 1. The Balaban J connectivity index is 1.58. The third-order valence-corrected chi connectivity index (χ3v) is 7.82. The van der Waals surface area contributed by atoms with Gasteiger partial charge in [-0.2, -0.15) is 0 Å². The van der Waals surface area contributed by atoms with Gasteiger partial charge in [-0.05, 0) is 56.5 Å². The van der Waals surface area contributed by atoms with Gasteiger partial charge in [0, 0.05) is 18.0 Å². The second-order valence-corrected chi connectivity index (χ2v) is 10.4. The minimum absolute atomic E-state index is 0.0283. The number of ether oxygens (including phenoxy) is 2. The first-order valence-corrected chi connectivity index (χ1v) is 13.6. The predicted octanol–water partition coefficient (Wildman–Crippen LogP) is 4.26. The molecule has 3 aromatic rings. The van der Waals surface area contributed by atoms with Crippen LogP contribution in [0.5, 0.6) is 5.75 Å². The Morgan fingerprint density at radius 1 is 1.24 bits per heavy atom. The van der Waals surface area contributed by atoms with E-state index in [1.54, 1.807) is 13.0 Å². The Morgan fingerprint density at radius 2 is 2.00 bits per heavy atom. The number of halogens is 1. The lowest BCUT2D eigenvalue weighted by atomic mass is 10.1. The highest BCUT2D eigenvalue weighted by atomic mass is 35.5. The second-order valence-electron chi connectivity index (χ2n) is 7.96. The number of carbonyl (C=O) groups excluding carboxylic acids is 3. The van der Waals surface area contributed by atoms with E-state index in [2.05, 4.69) is 15.5 Å². The van der Waals surface area contributed by atoms with Crippen LogP contribution in [0.1, 0.15) is 50.3 Å². The molecule has 1 aromatic carbocycles. The van der Waals surface area contributed by atoms with Crippen LogP contribution in [-0.2, 0) is 22.5 Å². The summed E-state index contributed by atoms with van der Waals surface area (Å²) < 4.78 is 12.6. The van der Waals surface area contributed by atoms with Crippen molar-refractivity contribution >= 4 is 57.5 Å². The first-order chi connectivity index (χ1) is 17.7. The molecule has 37 heavy (non-hydrogen) atoms. The van der Waals surface area contributed by atoms with Crippen LogP contribution >= 0.6 is 34.7 Å². The van der Waals surface area contributed by atoms with Crippen LogP contribution in [0.3, 0.4) is 0 Å². The molecule has 0 radical (unpaired) electrons. The van der Waals surface area contributed by atoms with Crippen molar-refractivity contribution in [2.45, 2.75) is 45.3 Å². The van der Waals surface area contributed by atoms with Crippen LogP contribution in [-0.4, -0.2) is 52.0 Å². The lowest BCUT2D eigenvalue weighted by Gasteiger charge is -2.10. The number of aromatic nitrogens is 3. The van der Waals surface area contributed by atoms with Crippen LogP contribution in [0, 0.1) is 13.8 Å². The van der Waals surface area contributed by atoms with E-state index in [0.29, 0.717) is 35.3 Å². The lowest BCUT2D eigenvalue weighted by molar-refractivity contribution is -0.113. The van der Waals surface area contributed by atoms with Crippen molar-refractivity contribution in [1.82, 2.24) is 14.8 Å². The number of hydrogen-bond donors (Lipinski definition) is 2. The van der Waals surface area contributed by atoms with E-state index in [-0.39, 0.29) is 27.1 Å². The molecular formula is C24H28ClN5O5S2. The fourth-order valence-electron chi connectivity index (χ4n) is 3.59. The molecule has 2 amide bonds. The van der Waals surface area contributed by atoms with Gasteiger partial charge < -0.3 is 25.1 Å². The van der Waals surface area contributed by atoms with Crippen molar-refractivity contribution in [2.24, 2.45) is 5.73 Å². The molecule has 0 spiro atoms. The van der Waals surface area contributed by atoms with Crippen LogP contribution in [0.15, 0.2) is 23.4 Å². The summed E-state index contributed by atoms with van der Waals surface area (Å²) in [6.45, 7) is 6.66. The van der Waals surface area contributed by atoms with Gasteiger partial charge in [-0.25, -0.2) is 4.79 Å². The summed E-state index contributed by atoms with van der Waals surface area (Å²) in [7, 11) is 1.23. The summed E-state index contributed by atoms with van der Waals surface area (Å²) in [6, 6.07) is 5.51. The van der Waals surface area contributed by atoms with E-state index in [1.807, 2.05) is 30.5 Å². The highest BCUT2D eigenvalue weighted by Crippen LogP contribution is 2.33. The van der Waals surface area contributed by atoms with Gasteiger partial charge in [-0.15, -0.1) is 21.5 Å². The normalized spacial score (nSPS) is 10.8. The quantitative estimate of drug-likeness (QED) is 0.189. The smallest absolute Gasteiger partial charge is 0.341 e. The Bertz CT molecular complexity index is 1310. The maximum atomic E-state index is 12.7. The molecule has 0 atom stereocenters. The zero-order valence-electron chi connectivity index (χ0n) is 20.9. The summed E-state index contributed by atoms with van der Waals surface area (Å²) in [5.74, 6) is -0.0841. The van der Waals surface area contributed by atoms with E-state index < -0.39 is 11.9 Å². The fraction of sp³-hybridized carbons (Fsp3) is 0.375. The number of nitrogens with one attached hydrogen (secondary N) is 1. The number of thiophene rings is 1. The number of rotatable bonds is 12. The molecule has 3 rings (SSSR count). The average molecular weight is 566 g/mol. The molecular weight excluding hydrogens is 538 g/mol. The number of aryl methyl sites for hydroxylation is 2. The number of nitrogens with two attached hydrogens (primary N) is 1. The number of carbonyl (C=O) groups is 3. The zero-order valence-corrected chi connectivity index (χ0v) is 23.3. The van der Waals surface area contributed by atoms with Gasteiger partial charge in [-0.3, -0.25) is 9.59 Å². The molecule has 2 aromatic heterocycles. The van der Waals surface area contributed by atoms with Gasteiger partial charge in [0.25, 0.3) is 5.91 Å². The molecule has 10 nitrogen and oxygen atoms in total. The van der Waals surface area contributed by atoms with Gasteiger partial charge in [-0.1, -0.05) is 23.4 Å². The second kappa shape index (κ2) is 12.9. The predicted molar refractivity (Wildman–Crippen MR) is 144 cm³/mol. The fourth-order valence-corrected chi connectivity index (χ4v) is 5.70. The molecule has 0 aliphatic carbocycles. The molecule has 0 aliphatic heterocycles. The first-order valence-electron chi connectivity index (χ1n) is 11.4. The van der Waals surface area contributed by atoms with Crippen molar-refractivity contribution in [1.29, 1.82) is 0 Å². The molecule has 13 heteroatoms. The number of benzene rings is 1. The van der Waals surface area contributed by atoms with E-state index in [4.69, 9.17) is 26.8 Å². The minimum atomic E-state index is -0.681. The Labute approximate surface area is 227 Å². The van der Waals surface area contributed by atoms with Crippen molar-refractivity contribution in [3.05, 3.63) is 50.6 Å². The molecule has 0 fully saturated rings. The largest absolute Gasteiger partial charge is 0.493 e. The van der Waals surface area contributed by atoms with E-state index in [0.717, 1.165) is 34.9 Å². The van der Waals surface area contributed by atoms with Gasteiger partial charge in [0.2, 0.25) is 5.91 Å². The summed E-state index contributed by atoms with van der Waals surface area (Å²) in [5, 5.41) is 12.7. The standard InChI is InChI=1S/C24H28ClN5O5S2/c1-5-30-17(7-6-10-35-16-9-8-15(25)11-13(16)2)28-29-24(30)36-12-18(31)27-22-19(23(33)34-4)14(3)20(37-22)21(26)32/h8-9,11H,5-7,10,12H2,1-4H3,(H2,26,32)(H,27,31). The van der Waals surface area contributed by atoms with Crippen LogP contribution < -0.4 is 15.8 Å². The molecule has 198 valence electrons. The average Bonchev–Trinajstić information content (AvgIpc) is 3.40. The van der Waals surface area contributed by atoms with Crippen molar-refractivity contribution < 1.29 is 23.9 Å². The zero-order chi connectivity index (χ0) is 27.1. The summed E-state index contributed by atoms with van der Waals surface area (Å²) in [5.41, 5.74) is 6.86. The van der Waals surface area contributed by atoms with Crippen LogP contribution in [0.4, 0.5) is 5.00 Å². The summed E-state index contributed by atoms with van der Waals surface area (Å²) in [4.78, 5) is 36.7. The first kappa shape index (κ1) is 28.5. The van der Waals surface area contributed by atoms with E-state index >= 15 is 0 Å². The number of amides is 2. The Kier molecular flexibility index (Phi) is 9.95. The molecule has 0 aliphatic rings. The Hall–Kier alpha value is -3.09. The van der Waals surface area contributed by atoms with E-state index in [9.17, 15) is 14.4 Å². The Morgan fingerprint density at radius 3 is 2.65 bits per heavy atom. The molecule has 0 saturated carbocycles. The van der Waals surface area contributed by atoms with Crippen molar-refractivity contribution in [3.8, 4) is 5.75 Å². The third-order valence-electron chi connectivity index (χ3n) is 5.39. The molecule has 0 bridgehead atoms. The van der Waals surface area contributed by atoms with Crippen LogP contribution in [0.25, 0.3) is 0 Å². The number of anilines is 1. The van der Waals surface area contributed by atoms with E-state index in [1.165, 1.54) is 18.9 Å². The highest BCUT2D eigenvalue weighted by Gasteiger charge is 2.25. The van der Waals surface area contributed by atoms with Gasteiger partial charge in [0.1, 0.15) is 16.6 Å². The lowest BCUT2D eigenvalue weighted by Crippen LogP contribution is -2.16. The maximum Gasteiger partial charge on any atom is 0.341 e. The minimum Gasteiger partial charge on any atom is -0.493 e. The topological polar surface area (TPSA) is 138 Å². The van der Waals surface area contributed by atoms with Crippen molar-refractivity contribution in [2.75, 3.05) is 24.8 Å². The molecule has 2 heterocycles.